The Bertz CT molecular complexity index is 853. The molecule has 0 bridgehead atoms. The van der Waals surface area contributed by atoms with Crippen LogP contribution in [0.15, 0.2) is 23.3 Å². The Kier molecular flexibility index (Phi) is 2.10. The van der Waals surface area contributed by atoms with Crippen molar-refractivity contribution in [1.82, 2.24) is 24.1 Å². The average Bonchev–Trinajstić information content (AvgIpc) is 2.73. The van der Waals surface area contributed by atoms with Gasteiger partial charge in [-0.15, -0.1) is 5.10 Å². The highest BCUT2D eigenvalue weighted by atomic mass is 16.1. The quantitative estimate of drug-likeness (QED) is 0.609. The zero-order valence-corrected chi connectivity index (χ0v) is 9.53. The summed E-state index contributed by atoms with van der Waals surface area (Å²) in [7, 11) is 0. The van der Waals surface area contributed by atoms with E-state index in [4.69, 9.17) is 5.26 Å². The van der Waals surface area contributed by atoms with Gasteiger partial charge in [0.1, 0.15) is 12.4 Å². The number of hydrogen-bond donors (Lipinski definition) is 0. The topological polar surface area (TPSA) is 88.9 Å². The third kappa shape index (κ3) is 1.36. The van der Waals surface area contributed by atoms with Crippen molar-refractivity contribution in [2.75, 3.05) is 0 Å². The number of hydrogen-bond acceptors (Lipinski definition) is 5. The van der Waals surface area contributed by atoms with Crippen LogP contribution in [-0.4, -0.2) is 24.1 Å². The van der Waals surface area contributed by atoms with Crippen molar-refractivity contribution in [3.63, 3.8) is 0 Å². The molecule has 0 aliphatic rings. The molecule has 0 radical (unpaired) electrons. The lowest BCUT2D eigenvalue weighted by molar-refractivity contribution is 0.794. The number of pyridine rings is 1. The lowest BCUT2D eigenvalue weighted by Crippen LogP contribution is -2.19. The van der Waals surface area contributed by atoms with Crippen LogP contribution in [0.3, 0.4) is 0 Å². The van der Waals surface area contributed by atoms with Crippen LogP contribution in [0.4, 0.5) is 0 Å². The first-order valence-corrected chi connectivity index (χ1v) is 5.29. The van der Waals surface area contributed by atoms with Crippen molar-refractivity contribution in [2.24, 2.45) is 0 Å². The molecule has 0 saturated heterocycles. The molecule has 0 saturated carbocycles. The number of rotatable bonds is 1. The molecule has 0 aromatic carbocycles. The maximum Gasteiger partial charge on any atom is 0.262 e. The van der Waals surface area contributed by atoms with Gasteiger partial charge in [0.2, 0.25) is 0 Å². The Morgan fingerprint density at radius 1 is 1.50 bits per heavy atom. The molecule has 18 heavy (non-hydrogen) atoms. The van der Waals surface area contributed by atoms with E-state index in [-0.39, 0.29) is 12.1 Å². The van der Waals surface area contributed by atoms with Gasteiger partial charge in [-0.2, -0.15) is 14.8 Å². The normalized spacial score (nSPS) is 10.9. The van der Waals surface area contributed by atoms with Crippen LogP contribution in [-0.2, 0) is 6.54 Å². The van der Waals surface area contributed by atoms with Gasteiger partial charge in [0.25, 0.3) is 11.3 Å². The second-order valence-corrected chi connectivity index (χ2v) is 3.83. The molecule has 3 rings (SSSR count). The van der Waals surface area contributed by atoms with Crippen LogP contribution in [0.2, 0.25) is 0 Å². The van der Waals surface area contributed by atoms with Gasteiger partial charge in [0.05, 0.1) is 17.0 Å². The van der Waals surface area contributed by atoms with Gasteiger partial charge in [-0.25, -0.2) is 4.98 Å². The molecule has 0 amide bonds. The molecule has 0 spiro atoms. The minimum atomic E-state index is -0.253. The van der Waals surface area contributed by atoms with Crippen LogP contribution < -0.4 is 5.56 Å². The van der Waals surface area contributed by atoms with E-state index in [0.717, 1.165) is 0 Å². The number of nitriles is 1. The highest BCUT2D eigenvalue weighted by molar-refractivity contribution is 5.78. The lowest BCUT2D eigenvalue weighted by atomic mass is 10.3. The van der Waals surface area contributed by atoms with E-state index >= 15 is 0 Å². The van der Waals surface area contributed by atoms with E-state index in [2.05, 4.69) is 15.1 Å². The summed E-state index contributed by atoms with van der Waals surface area (Å²) in [5.41, 5.74) is 0.386. The van der Waals surface area contributed by atoms with E-state index < -0.39 is 0 Å². The Hall–Kier alpha value is -2.75. The zero-order valence-electron chi connectivity index (χ0n) is 9.53. The van der Waals surface area contributed by atoms with Gasteiger partial charge >= 0.3 is 0 Å². The average molecular weight is 240 g/mol. The summed E-state index contributed by atoms with van der Waals surface area (Å²) in [5.74, 6) is 1.05. The number of fused-ring (bicyclic) bond motifs is 3. The first kappa shape index (κ1) is 10.4. The minimum Gasteiger partial charge on any atom is -0.301 e. The maximum atomic E-state index is 12.1. The fraction of sp³-hybridized carbons (Fsp3) is 0.182. The van der Waals surface area contributed by atoms with Crippen molar-refractivity contribution in [3.05, 3.63) is 34.6 Å². The fourth-order valence-corrected chi connectivity index (χ4v) is 1.86. The predicted molar refractivity (Wildman–Crippen MR) is 62.9 cm³/mol. The van der Waals surface area contributed by atoms with Crippen molar-refractivity contribution < 1.29 is 0 Å². The third-order valence-corrected chi connectivity index (χ3v) is 2.65. The summed E-state index contributed by atoms with van der Waals surface area (Å²) in [4.78, 5) is 20.3. The summed E-state index contributed by atoms with van der Waals surface area (Å²) in [6, 6.07) is 3.67. The van der Waals surface area contributed by atoms with E-state index in [0.29, 0.717) is 22.5 Å². The number of aryl methyl sites for hydroxylation is 1. The van der Waals surface area contributed by atoms with Gasteiger partial charge in [0.15, 0.2) is 0 Å². The maximum absolute atomic E-state index is 12.1. The summed E-state index contributed by atoms with van der Waals surface area (Å²) < 4.78 is 2.86. The molecular formula is C11H8N6O. The van der Waals surface area contributed by atoms with Crippen LogP contribution in [0.1, 0.15) is 5.82 Å². The number of nitrogens with zero attached hydrogens (tertiary/aromatic N) is 6. The molecule has 88 valence electrons. The molecule has 0 aliphatic carbocycles. The fourth-order valence-electron chi connectivity index (χ4n) is 1.86. The zero-order chi connectivity index (χ0) is 12.7. The van der Waals surface area contributed by atoms with Gasteiger partial charge in [-0.1, -0.05) is 0 Å². The van der Waals surface area contributed by atoms with Crippen LogP contribution >= 0.6 is 0 Å². The Morgan fingerprint density at radius 2 is 2.33 bits per heavy atom. The minimum absolute atomic E-state index is 0.0171. The molecule has 0 N–H and O–H groups in total. The molecule has 0 atom stereocenters. The first-order chi connectivity index (χ1) is 8.70. The summed E-state index contributed by atoms with van der Waals surface area (Å²) in [5, 5.41) is 13.2. The Balaban J connectivity index is 2.44. The molecule has 3 heterocycles. The molecule has 7 nitrogen and oxygen atoms in total. The van der Waals surface area contributed by atoms with E-state index in [9.17, 15) is 4.79 Å². The van der Waals surface area contributed by atoms with Crippen molar-refractivity contribution in [1.29, 1.82) is 5.26 Å². The van der Waals surface area contributed by atoms with Crippen molar-refractivity contribution in [2.45, 2.75) is 13.5 Å². The Labute approximate surface area is 101 Å². The predicted octanol–water partition coefficient (Wildman–Crippen LogP) is 0.271. The van der Waals surface area contributed by atoms with E-state index in [1.165, 1.54) is 15.3 Å². The SMILES string of the molecule is Cc1nc2ncc3c(=O)n(CC#N)ccc3n2n1. The highest BCUT2D eigenvalue weighted by Crippen LogP contribution is 2.09. The first-order valence-electron chi connectivity index (χ1n) is 5.29. The summed E-state index contributed by atoms with van der Waals surface area (Å²) in [6.07, 6.45) is 3.04. The molecule has 0 fully saturated rings. The third-order valence-electron chi connectivity index (χ3n) is 2.65. The smallest absolute Gasteiger partial charge is 0.262 e. The second-order valence-electron chi connectivity index (χ2n) is 3.83. The molecule has 3 aromatic rings. The molecule has 0 unspecified atom stereocenters. The highest BCUT2D eigenvalue weighted by Gasteiger charge is 2.09. The van der Waals surface area contributed by atoms with Gasteiger partial charge < -0.3 is 4.57 Å². The van der Waals surface area contributed by atoms with Crippen LogP contribution in [0.25, 0.3) is 16.7 Å². The van der Waals surface area contributed by atoms with Crippen LogP contribution in [0, 0.1) is 18.3 Å². The standard InChI is InChI=1S/C11H8N6O/c1-7-14-11-13-6-8-9(17(11)15-7)2-4-16(5-3-12)10(8)18/h2,4,6H,5H2,1H3. The van der Waals surface area contributed by atoms with Crippen molar-refractivity contribution >= 4 is 16.7 Å². The molecule has 3 aromatic heterocycles. The van der Waals surface area contributed by atoms with Gasteiger partial charge in [-0.05, 0) is 13.0 Å². The molecule has 0 aliphatic heterocycles. The lowest BCUT2D eigenvalue weighted by Gasteiger charge is -2.03. The van der Waals surface area contributed by atoms with E-state index in [1.807, 2.05) is 6.07 Å². The van der Waals surface area contributed by atoms with Gasteiger partial charge in [-0.3, -0.25) is 4.79 Å². The monoisotopic (exact) mass is 240 g/mol. The van der Waals surface area contributed by atoms with E-state index in [1.54, 1.807) is 19.2 Å². The van der Waals surface area contributed by atoms with Gasteiger partial charge in [0, 0.05) is 12.4 Å². The summed E-state index contributed by atoms with van der Waals surface area (Å²) in [6.45, 7) is 1.78. The molecular weight excluding hydrogens is 232 g/mol. The number of aromatic nitrogens is 5. The van der Waals surface area contributed by atoms with Crippen LogP contribution in [0.5, 0.6) is 0 Å². The second kappa shape index (κ2) is 3.63. The Morgan fingerprint density at radius 3 is 3.11 bits per heavy atom. The summed E-state index contributed by atoms with van der Waals surface area (Å²) >= 11 is 0. The largest absolute Gasteiger partial charge is 0.301 e. The van der Waals surface area contributed by atoms with Crippen molar-refractivity contribution in [3.8, 4) is 6.07 Å². The molecule has 7 heteroatoms.